The van der Waals surface area contributed by atoms with E-state index in [0.29, 0.717) is 16.5 Å². The molecule has 3 rings (SSSR count). The van der Waals surface area contributed by atoms with Crippen LogP contribution in [0.1, 0.15) is 10.5 Å². The van der Waals surface area contributed by atoms with Crippen molar-refractivity contribution in [2.24, 2.45) is 0 Å². The van der Waals surface area contributed by atoms with Crippen LogP contribution in [0.15, 0.2) is 48.5 Å². The van der Waals surface area contributed by atoms with Gasteiger partial charge in [-0.05, 0) is 35.4 Å². The number of nitrogens with zero attached hydrogens (tertiary/aromatic N) is 1. The van der Waals surface area contributed by atoms with E-state index in [1.165, 1.54) is 42.5 Å². The Hall–Kier alpha value is -2.82. The first-order valence-electron chi connectivity index (χ1n) is 6.15. The lowest BCUT2D eigenvalue weighted by atomic mass is 10.00. The van der Waals surface area contributed by atoms with Crippen LogP contribution in [0.25, 0.3) is 22.0 Å². The topological polar surface area (TPSA) is 50.2 Å². The number of halogens is 2. The zero-order chi connectivity index (χ0) is 15.0. The molecule has 0 bridgehead atoms. The minimum atomic E-state index is -1.25. The lowest BCUT2D eigenvalue weighted by Gasteiger charge is -2.09. The Morgan fingerprint density at radius 1 is 1.05 bits per heavy atom. The molecule has 1 N–H and O–H groups in total. The molecule has 3 nitrogen and oxygen atoms in total. The van der Waals surface area contributed by atoms with E-state index in [1.54, 1.807) is 6.07 Å². The summed E-state index contributed by atoms with van der Waals surface area (Å²) in [5, 5.41) is 9.58. The van der Waals surface area contributed by atoms with Crippen LogP contribution in [0.2, 0.25) is 0 Å². The fourth-order valence-corrected chi connectivity index (χ4v) is 2.19. The van der Waals surface area contributed by atoms with Gasteiger partial charge in [0.25, 0.3) is 0 Å². The fourth-order valence-electron chi connectivity index (χ4n) is 2.19. The van der Waals surface area contributed by atoms with E-state index in [-0.39, 0.29) is 11.2 Å². The summed E-state index contributed by atoms with van der Waals surface area (Å²) in [6.45, 7) is 0. The van der Waals surface area contributed by atoms with Gasteiger partial charge in [-0.15, -0.1) is 0 Å². The van der Waals surface area contributed by atoms with E-state index < -0.39 is 17.6 Å². The summed E-state index contributed by atoms with van der Waals surface area (Å²) < 4.78 is 26.9. The summed E-state index contributed by atoms with van der Waals surface area (Å²) in [6, 6.07) is 11.3. The van der Waals surface area contributed by atoms with E-state index in [1.807, 2.05) is 0 Å². The Bertz CT molecular complexity index is 845. The molecule has 21 heavy (non-hydrogen) atoms. The lowest BCUT2D eigenvalue weighted by Crippen LogP contribution is -2.02. The summed E-state index contributed by atoms with van der Waals surface area (Å²) >= 11 is 0. The molecule has 0 spiro atoms. The molecule has 3 aromatic rings. The maximum atomic E-state index is 13.9. The lowest BCUT2D eigenvalue weighted by molar-refractivity contribution is 0.0691. The zero-order valence-electron chi connectivity index (χ0n) is 10.7. The molecule has 104 valence electrons. The predicted octanol–water partition coefficient (Wildman–Crippen LogP) is 3.88. The van der Waals surface area contributed by atoms with Gasteiger partial charge in [-0.25, -0.2) is 18.6 Å². The number of hydrogen-bond acceptors (Lipinski definition) is 2. The van der Waals surface area contributed by atoms with Gasteiger partial charge in [0.05, 0.1) is 0 Å². The van der Waals surface area contributed by atoms with E-state index in [9.17, 15) is 13.6 Å². The molecule has 1 aromatic heterocycles. The smallest absolute Gasteiger partial charge is 0.354 e. The minimum Gasteiger partial charge on any atom is -0.477 e. The van der Waals surface area contributed by atoms with E-state index in [4.69, 9.17) is 5.11 Å². The van der Waals surface area contributed by atoms with Crippen molar-refractivity contribution in [3.8, 4) is 11.1 Å². The number of hydrogen-bond donors (Lipinski definition) is 1. The van der Waals surface area contributed by atoms with Gasteiger partial charge in [0.15, 0.2) is 0 Å². The van der Waals surface area contributed by atoms with Crippen LogP contribution in [0.5, 0.6) is 0 Å². The van der Waals surface area contributed by atoms with Crippen LogP contribution in [0.4, 0.5) is 8.78 Å². The van der Waals surface area contributed by atoms with Crippen molar-refractivity contribution in [3.63, 3.8) is 0 Å². The van der Waals surface area contributed by atoms with Crippen LogP contribution in [0.3, 0.4) is 0 Å². The number of carbonyl (C=O) groups is 1. The van der Waals surface area contributed by atoms with Crippen molar-refractivity contribution < 1.29 is 18.7 Å². The molecule has 0 aliphatic heterocycles. The number of aromatic nitrogens is 1. The van der Waals surface area contributed by atoms with E-state index in [0.717, 1.165) is 0 Å². The molecule has 0 saturated heterocycles. The molecule has 0 amide bonds. The van der Waals surface area contributed by atoms with Crippen LogP contribution < -0.4 is 0 Å². The van der Waals surface area contributed by atoms with Gasteiger partial charge in [-0.3, -0.25) is 0 Å². The number of aromatic carboxylic acids is 1. The highest BCUT2D eigenvalue weighted by atomic mass is 19.1. The van der Waals surface area contributed by atoms with Gasteiger partial charge in [0.2, 0.25) is 0 Å². The molecule has 0 radical (unpaired) electrons. The number of benzene rings is 2. The third-order valence-corrected chi connectivity index (χ3v) is 3.16. The van der Waals surface area contributed by atoms with E-state index in [2.05, 4.69) is 4.98 Å². The summed E-state index contributed by atoms with van der Waals surface area (Å²) in [5.74, 6) is -2.25. The molecular formula is C16H9F2NO2. The van der Waals surface area contributed by atoms with Gasteiger partial charge in [-0.2, -0.15) is 0 Å². The van der Waals surface area contributed by atoms with Gasteiger partial charge in [-0.1, -0.05) is 24.3 Å². The summed E-state index contributed by atoms with van der Waals surface area (Å²) in [7, 11) is 0. The highest BCUT2D eigenvalue weighted by Gasteiger charge is 2.14. The van der Waals surface area contributed by atoms with Gasteiger partial charge < -0.3 is 5.11 Å². The van der Waals surface area contributed by atoms with E-state index >= 15 is 0 Å². The Labute approximate surface area is 118 Å². The maximum absolute atomic E-state index is 13.9. The zero-order valence-corrected chi connectivity index (χ0v) is 10.7. The van der Waals surface area contributed by atoms with Gasteiger partial charge >= 0.3 is 5.97 Å². The molecule has 0 fully saturated rings. The number of rotatable bonds is 2. The van der Waals surface area contributed by atoms with Crippen molar-refractivity contribution in [2.75, 3.05) is 0 Å². The van der Waals surface area contributed by atoms with Crippen LogP contribution in [-0.2, 0) is 0 Å². The quantitative estimate of drug-likeness (QED) is 0.777. The number of pyridine rings is 1. The summed E-state index contributed by atoms with van der Waals surface area (Å²) in [4.78, 5) is 15.0. The van der Waals surface area contributed by atoms with Crippen molar-refractivity contribution in [1.82, 2.24) is 4.98 Å². The third kappa shape index (κ3) is 2.33. The first-order chi connectivity index (χ1) is 10.1. The summed E-state index contributed by atoms with van der Waals surface area (Å²) in [6.07, 6.45) is 0. The largest absolute Gasteiger partial charge is 0.477 e. The second-order valence-corrected chi connectivity index (χ2v) is 4.50. The SMILES string of the molecule is O=C(O)c1cc(-c2ccc(F)cc2)c2cccc(F)c2n1. The highest BCUT2D eigenvalue weighted by Crippen LogP contribution is 2.30. The molecular weight excluding hydrogens is 276 g/mol. The summed E-state index contributed by atoms with van der Waals surface area (Å²) in [5.41, 5.74) is 0.817. The third-order valence-electron chi connectivity index (χ3n) is 3.16. The molecule has 0 aliphatic carbocycles. The monoisotopic (exact) mass is 285 g/mol. The predicted molar refractivity (Wildman–Crippen MR) is 74.1 cm³/mol. The van der Waals surface area contributed by atoms with Crippen molar-refractivity contribution >= 4 is 16.9 Å². The highest BCUT2D eigenvalue weighted by molar-refractivity contribution is 5.99. The maximum Gasteiger partial charge on any atom is 0.354 e. The number of fused-ring (bicyclic) bond motifs is 1. The average Bonchev–Trinajstić information content (AvgIpc) is 2.47. The molecule has 0 unspecified atom stereocenters. The number of carboxylic acid groups (broad SMARTS) is 1. The first kappa shape index (κ1) is 13.2. The molecule has 1 heterocycles. The van der Waals surface area contributed by atoms with Crippen molar-refractivity contribution in [2.45, 2.75) is 0 Å². The van der Waals surface area contributed by atoms with Crippen LogP contribution >= 0.6 is 0 Å². The van der Waals surface area contributed by atoms with Crippen LogP contribution in [-0.4, -0.2) is 16.1 Å². The Kier molecular flexibility index (Phi) is 3.10. The van der Waals surface area contributed by atoms with Gasteiger partial charge in [0, 0.05) is 5.39 Å². The van der Waals surface area contributed by atoms with Crippen LogP contribution in [0, 0.1) is 11.6 Å². The second kappa shape index (κ2) is 4.94. The first-order valence-corrected chi connectivity index (χ1v) is 6.15. The number of carboxylic acids is 1. The molecule has 2 aromatic carbocycles. The number of para-hydroxylation sites is 1. The minimum absolute atomic E-state index is 0.0169. The van der Waals surface area contributed by atoms with Gasteiger partial charge in [0.1, 0.15) is 22.8 Å². The van der Waals surface area contributed by atoms with Crippen molar-refractivity contribution in [1.29, 1.82) is 0 Å². The molecule has 0 saturated carbocycles. The Morgan fingerprint density at radius 2 is 1.76 bits per heavy atom. The molecule has 5 heteroatoms. The fraction of sp³-hybridized carbons (Fsp3) is 0. The standard InChI is InChI=1S/C16H9F2NO2/c17-10-6-4-9(5-7-10)12-8-14(16(20)21)19-15-11(12)2-1-3-13(15)18/h1-8H,(H,20,21). The average molecular weight is 285 g/mol. The Morgan fingerprint density at radius 3 is 2.43 bits per heavy atom. The molecule has 0 aliphatic rings. The Balaban J connectivity index is 2.37. The normalized spacial score (nSPS) is 10.8. The molecule has 0 atom stereocenters. The second-order valence-electron chi connectivity index (χ2n) is 4.50. The van der Waals surface area contributed by atoms with Crippen molar-refractivity contribution in [3.05, 3.63) is 65.9 Å².